The van der Waals surface area contributed by atoms with Crippen molar-refractivity contribution in [3.63, 3.8) is 0 Å². The molecule has 15 nitrogen and oxygen atoms in total. The summed E-state index contributed by atoms with van der Waals surface area (Å²) in [5.41, 5.74) is 5.42. The number of imide groups is 1. The zero-order chi connectivity index (χ0) is 34.9. The first kappa shape index (κ1) is 41.5. The number of hydrogen-bond acceptors (Lipinski definition) is 9. The van der Waals surface area contributed by atoms with Crippen molar-refractivity contribution in [2.24, 2.45) is 11.7 Å². The van der Waals surface area contributed by atoms with E-state index in [4.69, 9.17) is 9.53 Å². The second-order valence-corrected chi connectivity index (χ2v) is 10.6. The van der Waals surface area contributed by atoms with Gasteiger partial charge in [0.2, 0.25) is 35.9 Å². The van der Waals surface area contributed by atoms with Gasteiger partial charge in [0.1, 0.15) is 12.6 Å². The van der Waals surface area contributed by atoms with E-state index in [1.807, 2.05) is 7.05 Å². The Bertz CT molecular complexity index is 1090. The first-order chi connectivity index (χ1) is 21.9. The highest BCUT2D eigenvalue weighted by Gasteiger charge is 2.28. The van der Waals surface area contributed by atoms with Gasteiger partial charge in [-0.25, -0.2) is 4.79 Å². The van der Waals surface area contributed by atoms with Gasteiger partial charge >= 0.3 is 6.09 Å². The van der Waals surface area contributed by atoms with Gasteiger partial charge in [0, 0.05) is 38.5 Å². The van der Waals surface area contributed by atoms with Crippen LogP contribution in [-0.2, 0) is 40.1 Å². The van der Waals surface area contributed by atoms with Crippen LogP contribution in [0.25, 0.3) is 0 Å². The smallest absolute Gasteiger partial charge is 0.407 e. The minimum Gasteiger partial charge on any atom is -0.445 e. The number of nitrogens with two attached hydrogens (primary N) is 1. The van der Waals surface area contributed by atoms with Crippen molar-refractivity contribution in [1.82, 2.24) is 26.2 Å². The molecular formula is C31H51N7O8. The molecule has 46 heavy (non-hydrogen) atoms. The number of primary amides is 1. The molecule has 0 aliphatic carbocycles. The van der Waals surface area contributed by atoms with E-state index in [1.165, 1.54) is 18.4 Å². The van der Waals surface area contributed by atoms with Gasteiger partial charge in [-0.1, -0.05) is 39.3 Å². The third kappa shape index (κ3) is 18.3. The molecule has 0 spiro atoms. The largest absolute Gasteiger partial charge is 0.445 e. The Morgan fingerprint density at radius 1 is 0.978 bits per heavy atom. The lowest BCUT2D eigenvalue weighted by Gasteiger charge is -2.21. The van der Waals surface area contributed by atoms with Crippen LogP contribution < -0.4 is 32.3 Å². The predicted molar refractivity (Wildman–Crippen MR) is 173 cm³/mol. The van der Waals surface area contributed by atoms with Crippen LogP contribution in [0.1, 0.15) is 71.3 Å². The van der Waals surface area contributed by atoms with Crippen molar-refractivity contribution < 1.29 is 38.3 Å². The lowest BCUT2D eigenvalue weighted by Crippen LogP contribution is -2.51. The van der Waals surface area contributed by atoms with Crippen molar-refractivity contribution in [3.8, 4) is 0 Å². The molecule has 258 valence electrons. The number of rotatable bonds is 16. The van der Waals surface area contributed by atoms with E-state index in [1.54, 1.807) is 38.1 Å². The fourth-order valence-electron chi connectivity index (χ4n) is 4.02. The van der Waals surface area contributed by atoms with Crippen molar-refractivity contribution >= 4 is 47.7 Å². The number of nitrogens with one attached hydrogen (secondary N) is 5. The number of carbonyl (C=O) groups is 7. The van der Waals surface area contributed by atoms with Crippen molar-refractivity contribution in [1.29, 1.82) is 0 Å². The Morgan fingerprint density at radius 3 is 2.09 bits per heavy atom. The number of amides is 7. The van der Waals surface area contributed by atoms with E-state index in [-0.39, 0.29) is 62.5 Å². The molecule has 1 atom stereocenters. The molecule has 1 aliphatic rings. The summed E-state index contributed by atoms with van der Waals surface area (Å²) in [6.07, 6.45) is 3.55. The summed E-state index contributed by atoms with van der Waals surface area (Å²) in [5, 5.41) is 13.3. The first-order valence-corrected chi connectivity index (χ1v) is 15.4. The fraction of sp³-hybridized carbons (Fsp3) is 0.581. The minimum atomic E-state index is -0.797. The van der Waals surface area contributed by atoms with Crippen molar-refractivity contribution in [2.75, 3.05) is 39.0 Å². The highest BCUT2D eigenvalue weighted by Crippen LogP contribution is 2.14. The maximum Gasteiger partial charge on any atom is 0.407 e. The maximum atomic E-state index is 12.6. The van der Waals surface area contributed by atoms with Gasteiger partial charge in [-0.3, -0.25) is 33.7 Å². The Balaban J connectivity index is 0.00000226. The van der Waals surface area contributed by atoms with Crippen LogP contribution in [0.2, 0.25) is 0 Å². The molecule has 1 fully saturated rings. The van der Waals surface area contributed by atoms with Crippen molar-refractivity contribution in [2.45, 2.75) is 78.4 Å². The molecule has 0 radical (unpaired) electrons. The van der Waals surface area contributed by atoms with Crippen LogP contribution in [0.3, 0.4) is 0 Å². The van der Waals surface area contributed by atoms with E-state index >= 15 is 0 Å². The third-order valence-electron chi connectivity index (χ3n) is 6.44. The summed E-state index contributed by atoms with van der Waals surface area (Å²) < 4.78 is 4.95. The van der Waals surface area contributed by atoms with E-state index in [0.29, 0.717) is 31.5 Å². The van der Waals surface area contributed by atoms with E-state index in [0.717, 1.165) is 12.1 Å². The summed E-state index contributed by atoms with van der Waals surface area (Å²) >= 11 is 0. The number of carbonyl (C=O) groups excluding carboxylic acids is 7. The van der Waals surface area contributed by atoms with Crippen LogP contribution in [0.4, 0.5) is 10.5 Å². The number of alkyl carbamates (subject to hydrolysis) is 1. The van der Waals surface area contributed by atoms with Crippen molar-refractivity contribution in [3.05, 3.63) is 29.8 Å². The highest BCUT2D eigenvalue weighted by atomic mass is 16.5. The maximum absolute atomic E-state index is 12.6. The van der Waals surface area contributed by atoms with E-state index in [9.17, 15) is 28.8 Å². The number of nitrogens with zero attached hydrogens (tertiary/aromatic N) is 1. The number of hydrogen-bond donors (Lipinski definition) is 6. The van der Waals surface area contributed by atoms with Crippen LogP contribution in [-0.4, -0.2) is 86.7 Å². The number of unbranched alkanes of at least 4 members (excludes halogenated alkanes) is 2. The molecule has 1 aromatic rings. The fourth-order valence-corrected chi connectivity index (χ4v) is 4.02. The van der Waals surface area contributed by atoms with E-state index < -0.39 is 23.9 Å². The molecule has 1 saturated heterocycles. The standard InChI is InChI=1S/C26H37N5O7.C4H11N.CH3NO/c1-17(2)24(30-20(32)7-5-4-6-14-31-22(34)12-13-23(31)35)25(36)28-15-21(33)29-19-10-8-18(9-11-19)16-38-26(37)27-3;1-3-4-5-2;2-1-3/h8-11,17,24H,4-7,12-16H2,1-3H3,(H,27,37)(H,28,36)(H,29,33)(H,30,32);5H,3-4H2,1-2H3;1H,(H2,2,3). The minimum absolute atomic E-state index is 0.0902. The third-order valence-corrected chi connectivity index (χ3v) is 6.44. The van der Waals surface area contributed by atoms with E-state index in [2.05, 4.69) is 39.2 Å². The molecule has 2 rings (SSSR count). The molecule has 1 unspecified atom stereocenters. The lowest BCUT2D eigenvalue weighted by atomic mass is 10.0. The van der Waals surface area contributed by atoms with Gasteiger partial charge in [-0.2, -0.15) is 0 Å². The molecule has 1 heterocycles. The summed E-state index contributed by atoms with van der Waals surface area (Å²) in [7, 11) is 3.43. The number of ether oxygens (including phenoxy) is 1. The Labute approximate surface area is 271 Å². The van der Waals surface area contributed by atoms with Crippen LogP contribution in [0.5, 0.6) is 0 Å². The predicted octanol–water partition coefficient (Wildman–Crippen LogP) is 1.16. The van der Waals surface area contributed by atoms with Gasteiger partial charge in [0.15, 0.2) is 0 Å². The van der Waals surface area contributed by atoms with Gasteiger partial charge in [0.25, 0.3) is 0 Å². The van der Waals surface area contributed by atoms with Crippen LogP contribution in [0, 0.1) is 5.92 Å². The Morgan fingerprint density at radius 2 is 1.59 bits per heavy atom. The molecule has 1 aromatic carbocycles. The molecular weight excluding hydrogens is 598 g/mol. The van der Waals surface area contributed by atoms with Crippen LogP contribution in [0.15, 0.2) is 24.3 Å². The number of benzene rings is 1. The molecule has 0 bridgehead atoms. The average Bonchev–Trinajstić information content (AvgIpc) is 3.35. The second kappa shape index (κ2) is 24.8. The highest BCUT2D eigenvalue weighted by molar-refractivity contribution is 6.01. The van der Waals surface area contributed by atoms with Gasteiger partial charge < -0.3 is 37.1 Å². The van der Waals surface area contributed by atoms with Gasteiger partial charge in [0.05, 0.1) is 6.54 Å². The molecule has 0 saturated carbocycles. The molecule has 1 aliphatic heterocycles. The summed E-state index contributed by atoms with van der Waals surface area (Å²) in [5.74, 6) is -1.66. The zero-order valence-electron chi connectivity index (χ0n) is 27.6. The van der Waals surface area contributed by atoms with Crippen LogP contribution >= 0.6 is 0 Å². The summed E-state index contributed by atoms with van der Waals surface area (Å²) in [6.45, 7) is 7.07. The second-order valence-electron chi connectivity index (χ2n) is 10.6. The first-order valence-electron chi connectivity index (χ1n) is 15.4. The normalized spacial score (nSPS) is 12.5. The quantitative estimate of drug-likeness (QED) is 0.0859. The molecule has 0 aromatic heterocycles. The van der Waals surface area contributed by atoms with Gasteiger partial charge in [-0.05, 0) is 56.5 Å². The Hall–Kier alpha value is -4.53. The lowest BCUT2D eigenvalue weighted by molar-refractivity contribution is -0.138. The number of likely N-dealkylation sites (tertiary alicyclic amines) is 1. The molecule has 15 heteroatoms. The zero-order valence-corrected chi connectivity index (χ0v) is 27.6. The molecule has 7 N–H and O–H groups in total. The summed E-state index contributed by atoms with van der Waals surface area (Å²) in [6, 6.07) is 5.91. The summed E-state index contributed by atoms with van der Waals surface area (Å²) in [4.78, 5) is 81.5. The van der Waals surface area contributed by atoms with Gasteiger partial charge in [-0.15, -0.1) is 0 Å². The monoisotopic (exact) mass is 649 g/mol. The SMILES string of the molecule is CCCNC.CNC(=O)OCc1ccc(NC(=O)CNC(=O)C(NC(=O)CCCCCN2C(=O)CCC2=O)C(C)C)cc1.NC=O. The average molecular weight is 650 g/mol. The number of anilines is 1. The molecule has 7 amide bonds. The topological polar surface area (TPSA) is 218 Å². The Kier molecular flexibility index (Phi) is 22.3.